The van der Waals surface area contributed by atoms with Crippen molar-refractivity contribution >= 4 is 11.6 Å². The van der Waals surface area contributed by atoms with Gasteiger partial charge in [-0.25, -0.2) is 0 Å². The van der Waals surface area contributed by atoms with Crippen molar-refractivity contribution in [2.24, 2.45) is 5.92 Å². The highest BCUT2D eigenvalue weighted by Crippen LogP contribution is 2.07. The minimum atomic E-state index is -0.890. The molecule has 0 rings (SSSR count). The number of Topliss-reactive ketones (excluding diaryl/α,β-unsaturated/α-hetero) is 2. The van der Waals surface area contributed by atoms with Crippen molar-refractivity contribution in [3.05, 3.63) is 6.92 Å². The second-order valence-electron chi connectivity index (χ2n) is 3.60. The zero-order valence-electron chi connectivity index (χ0n) is 8.82. The SMILES string of the molecule is [CH]C(C)C(=O)CCCCC(=O)C(C)O. The maximum absolute atomic E-state index is 11.1. The van der Waals surface area contributed by atoms with Crippen LogP contribution >= 0.6 is 0 Å². The first-order chi connectivity index (χ1) is 6.45. The number of unbranched alkanes of at least 4 members (excludes halogenated alkanes) is 1. The first-order valence-corrected chi connectivity index (χ1v) is 4.94. The first-order valence-electron chi connectivity index (χ1n) is 4.94. The average Bonchev–Trinajstić information content (AvgIpc) is 2.11. The molecule has 0 heterocycles. The Kier molecular flexibility index (Phi) is 6.37. The molecular formula is C11H18O3. The summed E-state index contributed by atoms with van der Waals surface area (Å²) in [4.78, 5) is 22.0. The summed E-state index contributed by atoms with van der Waals surface area (Å²) in [5.41, 5.74) is 0. The van der Waals surface area contributed by atoms with Crippen LogP contribution in [0.2, 0.25) is 0 Å². The van der Waals surface area contributed by atoms with Crippen LogP contribution < -0.4 is 0 Å². The van der Waals surface area contributed by atoms with Crippen molar-refractivity contribution < 1.29 is 14.7 Å². The smallest absolute Gasteiger partial charge is 0.160 e. The van der Waals surface area contributed by atoms with E-state index < -0.39 is 12.0 Å². The lowest BCUT2D eigenvalue weighted by Gasteiger charge is -2.04. The van der Waals surface area contributed by atoms with E-state index in [0.29, 0.717) is 25.7 Å². The number of hydrogen-bond acceptors (Lipinski definition) is 3. The Labute approximate surface area is 85.5 Å². The first kappa shape index (κ1) is 13.3. The van der Waals surface area contributed by atoms with Gasteiger partial charge in [0.05, 0.1) is 0 Å². The minimum Gasteiger partial charge on any atom is -0.386 e. The van der Waals surface area contributed by atoms with Crippen LogP contribution in [0.4, 0.5) is 0 Å². The maximum Gasteiger partial charge on any atom is 0.160 e. The molecule has 0 aliphatic heterocycles. The summed E-state index contributed by atoms with van der Waals surface area (Å²) < 4.78 is 0. The third kappa shape index (κ3) is 5.86. The Morgan fingerprint density at radius 1 is 1.14 bits per heavy atom. The second-order valence-corrected chi connectivity index (χ2v) is 3.60. The number of ketones is 2. The monoisotopic (exact) mass is 198 g/mol. The minimum absolute atomic E-state index is 0.0227. The summed E-state index contributed by atoms with van der Waals surface area (Å²) in [7, 11) is 0. The number of carbonyl (C=O) groups is 2. The van der Waals surface area contributed by atoms with Crippen molar-refractivity contribution in [1.82, 2.24) is 0 Å². The van der Waals surface area contributed by atoms with Gasteiger partial charge in [0.1, 0.15) is 11.9 Å². The molecule has 2 atom stereocenters. The molecular weight excluding hydrogens is 180 g/mol. The lowest BCUT2D eigenvalue weighted by molar-refractivity contribution is -0.126. The fourth-order valence-corrected chi connectivity index (χ4v) is 1.04. The molecule has 3 nitrogen and oxygen atoms in total. The van der Waals surface area contributed by atoms with Crippen LogP contribution in [0.25, 0.3) is 0 Å². The van der Waals surface area contributed by atoms with Gasteiger partial charge in [-0.05, 0) is 26.7 Å². The van der Waals surface area contributed by atoms with E-state index in [1.165, 1.54) is 6.92 Å². The Balaban J connectivity index is 3.48. The van der Waals surface area contributed by atoms with Crippen LogP contribution in [-0.2, 0) is 9.59 Å². The summed E-state index contributed by atoms with van der Waals surface area (Å²) >= 11 is 0. The second kappa shape index (κ2) is 6.71. The van der Waals surface area contributed by atoms with E-state index in [-0.39, 0.29) is 11.6 Å². The Morgan fingerprint density at radius 3 is 1.93 bits per heavy atom. The van der Waals surface area contributed by atoms with Gasteiger partial charge in [0.15, 0.2) is 5.78 Å². The lowest BCUT2D eigenvalue weighted by Crippen LogP contribution is -2.15. The summed E-state index contributed by atoms with van der Waals surface area (Å²) in [6.07, 6.45) is 1.18. The van der Waals surface area contributed by atoms with Crippen molar-refractivity contribution in [1.29, 1.82) is 0 Å². The van der Waals surface area contributed by atoms with Crippen LogP contribution in [0.5, 0.6) is 0 Å². The third-order valence-corrected chi connectivity index (χ3v) is 2.07. The topological polar surface area (TPSA) is 54.4 Å². The fourth-order valence-electron chi connectivity index (χ4n) is 1.04. The zero-order valence-corrected chi connectivity index (χ0v) is 8.82. The average molecular weight is 198 g/mol. The molecule has 2 radical (unpaired) electrons. The maximum atomic E-state index is 11.1. The number of aliphatic hydroxyl groups excluding tert-OH is 1. The van der Waals surface area contributed by atoms with Gasteiger partial charge >= 0.3 is 0 Å². The summed E-state index contributed by atoms with van der Waals surface area (Å²) in [5, 5.41) is 8.88. The molecule has 14 heavy (non-hydrogen) atoms. The van der Waals surface area contributed by atoms with Gasteiger partial charge in [-0.15, -0.1) is 0 Å². The highest BCUT2D eigenvalue weighted by molar-refractivity contribution is 5.82. The molecule has 0 aliphatic rings. The largest absolute Gasteiger partial charge is 0.386 e. The molecule has 0 aromatic carbocycles. The molecule has 2 unspecified atom stereocenters. The Bertz CT molecular complexity index is 173. The van der Waals surface area contributed by atoms with Crippen LogP contribution in [0.1, 0.15) is 39.5 Å². The van der Waals surface area contributed by atoms with Crippen molar-refractivity contribution in [2.45, 2.75) is 45.6 Å². The van der Waals surface area contributed by atoms with Crippen LogP contribution in [0.15, 0.2) is 0 Å². The van der Waals surface area contributed by atoms with Crippen molar-refractivity contribution in [2.75, 3.05) is 0 Å². The number of carbonyl (C=O) groups excluding carboxylic acids is 2. The van der Waals surface area contributed by atoms with Gasteiger partial charge in [-0.2, -0.15) is 0 Å². The summed E-state index contributed by atoms with van der Waals surface area (Å²) in [6.45, 7) is 8.48. The van der Waals surface area contributed by atoms with Gasteiger partial charge in [0.25, 0.3) is 0 Å². The quantitative estimate of drug-likeness (QED) is 0.629. The summed E-state index contributed by atoms with van der Waals surface area (Å²) in [6, 6.07) is 0. The highest BCUT2D eigenvalue weighted by atomic mass is 16.3. The molecule has 0 aromatic heterocycles. The zero-order chi connectivity index (χ0) is 11.1. The fraction of sp³-hybridized carbons (Fsp3) is 0.727. The molecule has 3 heteroatoms. The van der Waals surface area contributed by atoms with Gasteiger partial charge < -0.3 is 5.11 Å². The van der Waals surface area contributed by atoms with Gasteiger partial charge in [-0.1, -0.05) is 6.92 Å². The van der Waals surface area contributed by atoms with E-state index in [4.69, 9.17) is 12.0 Å². The Morgan fingerprint density at radius 2 is 1.57 bits per heavy atom. The van der Waals surface area contributed by atoms with E-state index in [1.807, 2.05) is 0 Å². The number of rotatable bonds is 7. The molecule has 0 fully saturated rings. The normalized spacial score (nSPS) is 12.9. The van der Waals surface area contributed by atoms with E-state index in [9.17, 15) is 9.59 Å². The molecule has 0 aliphatic carbocycles. The van der Waals surface area contributed by atoms with E-state index >= 15 is 0 Å². The number of aliphatic hydroxyl groups is 1. The highest BCUT2D eigenvalue weighted by Gasteiger charge is 2.10. The molecule has 0 saturated heterocycles. The molecule has 0 spiro atoms. The number of hydrogen-bond donors (Lipinski definition) is 1. The molecule has 1 N–H and O–H groups in total. The van der Waals surface area contributed by atoms with Crippen LogP contribution in [-0.4, -0.2) is 22.8 Å². The molecule has 0 amide bonds. The predicted octanol–water partition coefficient (Wildman–Crippen LogP) is 1.41. The standard InChI is InChI=1S/C11H18O3/c1-8(2)10(13)6-4-5-7-11(14)9(3)12/h1,8-9,12H,4-7H2,2-3H3. The molecule has 0 aromatic rings. The molecule has 0 saturated carbocycles. The van der Waals surface area contributed by atoms with Gasteiger partial charge in [-0.3, -0.25) is 9.59 Å². The predicted molar refractivity (Wildman–Crippen MR) is 53.6 cm³/mol. The van der Waals surface area contributed by atoms with Crippen molar-refractivity contribution in [3.63, 3.8) is 0 Å². The van der Waals surface area contributed by atoms with Gasteiger partial charge in [0, 0.05) is 18.8 Å². The molecule has 80 valence electrons. The van der Waals surface area contributed by atoms with Crippen LogP contribution in [0, 0.1) is 12.8 Å². The lowest BCUT2D eigenvalue weighted by atomic mass is 10.0. The molecule has 0 bridgehead atoms. The van der Waals surface area contributed by atoms with E-state index in [1.54, 1.807) is 6.92 Å². The Hall–Kier alpha value is -0.700. The van der Waals surface area contributed by atoms with Gasteiger partial charge in [0.2, 0.25) is 0 Å². The van der Waals surface area contributed by atoms with E-state index in [2.05, 4.69) is 0 Å². The van der Waals surface area contributed by atoms with Crippen molar-refractivity contribution in [3.8, 4) is 0 Å². The van der Waals surface area contributed by atoms with Crippen LogP contribution in [0.3, 0.4) is 0 Å². The van der Waals surface area contributed by atoms with E-state index in [0.717, 1.165) is 0 Å². The third-order valence-electron chi connectivity index (χ3n) is 2.07. The summed E-state index contributed by atoms with van der Waals surface area (Å²) in [5.74, 6) is -0.560.